The van der Waals surface area contributed by atoms with Crippen LogP contribution in [0, 0.1) is 5.82 Å². The molecule has 1 N–H and O–H groups in total. The zero-order valence-corrected chi connectivity index (χ0v) is 20.2. The second-order valence-electron chi connectivity index (χ2n) is 7.05. The van der Waals surface area contributed by atoms with Gasteiger partial charge in [-0.1, -0.05) is 52.3 Å². The lowest BCUT2D eigenvalue weighted by molar-refractivity contribution is 0.295. The van der Waals surface area contributed by atoms with E-state index in [9.17, 15) is 4.39 Å². The summed E-state index contributed by atoms with van der Waals surface area (Å²) in [4.78, 5) is 0. The lowest BCUT2D eigenvalue weighted by Gasteiger charge is -2.16. The highest BCUT2D eigenvalue weighted by atomic mass is 79.9. The molecule has 0 aliphatic rings. The normalized spacial score (nSPS) is 10.6. The topological polar surface area (TPSA) is 30.5 Å². The molecule has 4 aromatic carbocycles. The zero-order chi connectivity index (χ0) is 22.3. The van der Waals surface area contributed by atoms with Gasteiger partial charge in [-0.05, 0) is 70.5 Å². The van der Waals surface area contributed by atoms with Crippen LogP contribution in [0.1, 0.15) is 11.1 Å². The molecule has 0 aliphatic heterocycles. The van der Waals surface area contributed by atoms with E-state index >= 15 is 0 Å². The van der Waals surface area contributed by atoms with Gasteiger partial charge in [-0.15, -0.1) is 0 Å². The monoisotopic (exact) mass is 555 g/mol. The van der Waals surface area contributed by atoms with Crippen molar-refractivity contribution in [3.05, 3.63) is 117 Å². The molecular formula is C26H20Br2FNO2. The summed E-state index contributed by atoms with van der Waals surface area (Å²) in [6, 6.07) is 27.9. The Labute approximate surface area is 203 Å². The van der Waals surface area contributed by atoms with Crippen LogP contribution in [0.2, 0.25) is 0 Å². The van der Waals surface area contributed by atoms with Crippen LogP contribution in [0.15, 0.2) is 99.9 Å². The SMILES string of the molecule is Fc1ccccc1COc1c(Br)cc(Br)cc1CNc1ccc(Oc2ccccc2)cc1. The summed E-state index contributed by atoms with van der Waals surface area (Å²) in [5.41, 5.74) is 2.39. The number of hydrogen-bond acceptors (Lipinski definition) is 3. The van der Waals surface area contributed by atoms with E-state index in [0.29, 0.717) is 17.9 Å². The largest absolute Gasteiger partial charge is 0.487 e. The van der Waals surface area contributed by atoms with Crippen molar-refractivity contribution in [3.63, 3.8) is 0 Å². The fourth-order valence-corrected chi connectivity index (χ4v) is 4.56. The Morgan fingerprint density at radius 1 is 0.750 bits per heavy atom. The maximum atomic E-state index is 14.0. The van der Waals surface area contributed by atoms with Crippen molar-refractivity contribution < 1.29 is 13.9 Å². The Bertz CT molecular complexity index is 1180. The molecule has 0 unspecified atom stereocenters. The molecule has 4 aromatic rings. The summed E-state index contributed by atoms with van der Waals surface area (Å²) < 4.78 is 27.5. The molecule has 0 saturated carbocycles. The molecule has 0 saturated heterocycles. The van der Waals surface area contributed by atoms with E-state index in [1.165, 1.54) is 6.07 Å². The summed E-state index contributed by atoms with van der Waals surface area (Å²) in [6.45, 7) is 0.676. The predicted molar refractivity (Wildman–Crippen MR) is 133 cm³/mol. The summed E-state index contributed by atoms with van der Waals surface area (Å²) in [7, 11) is 0. The molecule has 0 spiro atoms. The van der Waals surface area contributed by atoms with E-state index in [1.807, 2.05) is 66.7 Å². The fourth-order valence-electron chi connectivity index (χ4n) is 3.13. The Balaban J connectivity index is 1.44. The standard InChI is InChI=1S/C26H20Br2FNO2/c27-20-14-19(26(24(28)15-20)31-17-18-6-4-5-9-25(18)29)16-30-21-10-12-23(13-11-21)32-22-7-2-1-3-8-22/h1-15,30H,16-17H2. The molecule has 0 aliphatic carbocycles. The lowest BCUT2D eigenvalue weighted by Crippen LogP contribution is -2.05. The van der Waals surface area contributed by atoms with E-state index in [4.69, 9.17) is 9.47 Å². The molecule has 0 atom stereocenters. The maximum Gasteiger partial charge on any atom is 0.139 e. The minimum atomic E-state index is -0.279. The number of anilines is 1. The minimum absolute atomic E-state index is 0.144. The highest BCUT2D eigenvalue weighted by Crippen LogP contribution is 2.34. The van der Waals surface area contributed by atoms with Crippen molar-refractivity contribution in [1.82, 2.24) is 0 Å². The first-order valence-electron chi connectivity index (χ1n) is 9.99. The van der Waals surface area contributed by atoms with Crippen molar-refractivity contribution >= 4 is 37.5 Å². The first-order chi connectivity index (χ1) is 15.6. The van der Waals surface area contributed by atoms with Crippen LogP contribution in [-0.4, -0.2) is 0 Å². The van der Waals surface area contributed by atoms with Gasteiger partial charge in [-0.2, -0.15) is 0 Å². The van der Waals surface area contributed by atoms with Crippen LogP contribution < -0.4 is 14.8 Å². The van der Waals surface area contributed by atoms with Crippen LogP contribution in [0.4, 0.5) is 10.1 Å². The van der Waals surface area contributed by atoms with Gasteiger partial charge < -0.3 is 14.8 Å². The predicted octanol–water partition coefficient (Wildman–Crippen LogP) is 8.33. The van der Waals surface area contributed by atoms with Crippen molar-refractivity contribution in [2.45, 2.75) is 13.2 Å². The molecule has 162 valence electrons. The number of nitrogens with one attached hydrogen (secondary N) is 1. The Kier molecular flexibility index (Phi) is 7.45. The smallest absolute Gasteiger partial charge is 0.139 e. The van der Waals surface area contributed by atoms with E-state index < -0.39 is 0 Å². The Morgan fingerprint density at radius 3 is 2.19 bits per heavy atom. The molecule has 0 aromatic heterocycles. The van der Waals surface area contributed by atoms with Crippen LogP contribution >= 0.6 is 31.9 Å². The molecule has 0 fully saturated rings. The number of hydrogen-bond donors (Lipinski definition) is 1. The van der Waals surface area contributed by atoms with Gasteiger partial charge in [-0.25, -0.2) is 4.39 Å². The first kappa shape index (κ1) is 22.4. The second-order valence-corrected chi connectivity index (χ2v) is 8.82. The summed E-state index contributed by atoms with van der Waals surface area (Å²) in [6.07, 6.45) is 0. The van der Waals surface area contributed by atoms with Crippen LogP contribution in [0.25, 0.3) is 0 Å². The quantitative estimate of drug-likeness (QED) is 0.236. The number of rotatable bonds is 8. The summed E-state index contributed by atoms with van der Waals surface area (Å²) >= 11 is 7.10. The van der Waals surface area contributed by atoms with Crippen LogP contribution in [0.3, 0.4) is 0 Å². The third-order valence-electron chi connectivity index (χ3n) is 4.73. The van der Waals surface area contributed by atoms with Crippen molar-refractivity contribution in [2.75, 3.05) is 5.32 Å². The van der Waals surface area contributed by atoms with E-state index in [-0.39, 0.29) is 12.4 Å². The number of para-hydroxylation sites is 1. The van der Waals surface area contributed by atoms with Crippen LogP contribution in [0.5, 0.6) is 17.2 Å². The molecule has 0 heterocycles. The summed E-state index contributed by atoms with van der Waals surface area (Å²) in [5, 5.41) is 3.41. The van der Waals surface area contributed by atoms with Gasteiger partial charge in [0.05, 0.1) is 4.47 Å². The molecular weight excluding hydrogens is 537 g/mol. The molecule has 3 nitrogen and oxygen atoms in total. The Morgan fingerprint density at radius 2 is 1.44 bits per heavy atom. The number of ether oxygens (including phenoxy) is 2. The molecule has 0 radical (unpaired) electrons. The first-order valence-corrected chi connectivity index (χ1v) is 11.6. The van der Waals surface area contributed by atoms with Gasteiger partial charge in [0.2, 0.25) is 0 Å². The highest BCUT2D eigenvalue weighted by Gasteiger charge is 2.12. The van der Waals surface area contributed by atoms with E-state index in [1.54, 1.807) is 18.2 Å². The average molecular weight is 557 g/mol. The minimum Gasteiger partial charge on any atom is -0.487 e. The van der Waals surface area contributed by atoms with Gasteiger partial charge in [-0.3, -0.25) is 0 Å². The van der Waals surface area contributed by atoms with Gasteiger partial charge in [0, 0.05) is 27.8 Å². The van der Waals surface area contributed by atoms with Crippen LogP contribution in [-0.2, 0) is 13.2 Å². The maximum absolute atomic E-state index is 14.0. The van der Waals surface area contributed by atoms with E-state index in [0.717, 1.165) is 31.7 Å². The third-order valence-corrected chi connectivity index (χ3v) is 5.78. The molecule has 0 amide bonds. The number of halogens is 3. The molecule has 0 bridgehead atoms. The van der Waals surface area contributed by atoms with E-state index in [2.05, 4.69) is 37.2 Å². The van der Waals surface area contributed by atoms with Crippen molar-refractivity contribution in [1.29, 1.82) is 0 Å². The lowest BCUT2D eigenvalue weighted by atomic mass is 10.2. The molecule has 6 heteroatoms. The van der Waals surface area contributed by atoms with Gasteiger partial charge in [0.25, 0.3) is 0 Å². The third kappa shape index (κ3) is 5.90. The zero-order valence-electron chi connectivity index (χ0n) is 17.0. The molecule has 32 heavy (non-hydrogen) atoms. The van der Waals surface area contributed by atoms with Crippen molar-refractivity contribution in [3.8, 4) is 17.2 Å². The second kappa shape index (κ2) is 10.7. The van der Waals surface area contributed by atoms with Crippen molar-refractivity contribution in [2.24, 2.45) is 0 Å². The highest BCUT2D eigenvalue weighted by molar-refractivity contribution is 9.11. The van der Waals surface area contributed by atoms with Gasteiger partial charge >= 0.3 is 0 Å². The van der Waals surface area contributed by atoms with Gasteiger partial charge in [0.1, 0.15) is 29.7 Å². The van der Waals surface area contributed by atoms with Gasteiger partial charge in [0.15, 0.2) is 0 Å². The Hall–Kier alpha value is -2.83. The molecule has 4 rings (SSSR count). The summed E-state index contributed by atoms with van der Waals surface area (Å²) in [5.74, 6) is 1.95. The fraction of sp³-hybridized carbons (Fsp3) is 0.0769. The average Bonchev–Trinajstić information content (AvgIpc) is 2.79. The number of benzene rings is 4.